The van der Waals surface area contributed by atoms with Crippen molar-refractivity contribution in [2.75, 3.05) is 26.2 Å². The molecule has 1 fully saturated rings. The van der Waals surface area contributed by atoms with E-state index in [2.05, 4.69) is 10.00 Å². The summed E-state index contributed by atoms with van der Waals surface area (Å²) >= 11 is 0. The number of hydrogen-bond acceptors (Lipinski definition) is 3. The van der Waals surface area contributed by atoms with Crippen LogP contribution >= 0.6 is 0 Å². The summed E-state index contributed by atoms with van der Waals surface area (Å²) in [4.78, 5) is 17.1. The van der Waals surface area contributed by atoms with E-state index in [1.165, 1.54) is 12.1 Å². The van der Waals surface area contributed by atoms with E-state index in [0.717, 1.165) is 47.7 Å². The van der Waals surface area contributed by atoms with Crippen LogP contribution in [0.15, 0.2) is 54.6 Å². The highest BCUT2D eigenvalue weighted by atomic mass is 19.4. The summed E-state index contributed by atoms with van der Waals surface area (Å²) in [6.07, 6.45) is -3.51. The average Bonchev–Trinajstić information content (AvgIpc) is 2.97. The van der Waals surface area contributed by atoms with Gasteiger partial charge in [-0.2, -0.15) is 18.3 Å². The Kier molecular flexibility index (Phi) is 6.56. The van der Waals surface area contributed by atoms with Crippen molar-refractivity contribution in [1.82, 2.24) is 19.6 Å². The van der Waals surface area contributed by atoms with Crippen LogP contribution in [0.2, 0.25) is 0 Å². The summed E-state index contributed by atoms with van der Waals surface area (Å²) in [5.41, 5.74) is 3.72. The quantitative estimate of drug-likeness (QED) is 0.563. The maximum absolute atomic E-state index is 13.0. The average molecular weight is 457 g/mol. The predicted octanol–water partition coefficient (Wildman–Crippen LogP) is 4.86. The lowest BCUT2D eigenvalue weighted by Gasteiger charge is -2.22. The number of aryl methyl sites for hydroxylation is 2. The molecule has 2 aromatic carbocycles. The van der Waals surface area contributed by atoms with Crippen LogP contribution in [-0.2, 0) is 12.7 Å². The van der Waals surface area contributed by atoms with Crippen molar-refractivity contribution in [3.8, 4) is 5.69 Å². The number of alkyl halides is 3. The van der Waals surface area contributed by atoms with Crippen LogP contribution in [0.3, 0.4) is 0 Å². The second-order valence-electron chi connectivity index (χ2n) is 8.50. The minimum absolute atomic E-state index is 0.00806. The highest BCUT2D eigenvalue weighted by Crippen LogP contribution is 2.29. The van der Waals surface area contributed by atoms with Gasteiger partial charge in [0.25, 0.3) is 5.91 Å². The maximum Gasteiger partial charge on any atom is 0.416 e. The highest BCUT2D eigenvalue weighted by Gasteiger charge is 2.30. The topological polar surface area (TPSA) is 41.4 Å². The number of nitrogens with zero attached hydrogens (tertiary/aromatic N) is 4. The van der Waals surface area contributed by atoms with E-state index in [0.29, 0.717) is 31.7 Å². The zero-order valence-corrected chi connectivity index (χ0v) is 18.8. The zero-order chi connectivity index (χ0) is 23.6. The van der Waals surface area contributed by atoms with E-state index < -0.39 is 11.7 Å². The molecule has 174 valence electrons. The Balaban J connectivity index is 1.36. The molecule has 4 rings (SSSR count). The van der Waals surface area contributed by atoms with Crippen molar-refractivity contribution in [1.29, 1.82) is 0 Å². The van der Waals surface area contributed by atoms with E-state index in [1.807, 2.05) is 53.8 Å². The van der Waals surface area contributed by atoms with Gasteiger partial charge in [0.15, 0.2) is 0 Å². The van der Waals surface area contributed by atoms with Gasteiger partial charge in [0.1, 0.15) is 0 Å². The highest BCUT2D eigenvalue weighted by molar-refractivity contribution is 5.94. The molecule has 0 unspecified atom stereocenters. The van der Waals surface area contributed by atoms with Gasteiger partial charge >= 0.3 is 6.18 Å². The molecule has 1 amide bonds. The number of aromatic nitrogens is 2. The molecule has 0 saturated carbocycles. The molecule has 1 saturated heterocycles. The number of carbonyl (C=O) groups is 1. The Morgan fingerprint density at radius 2 is 1.64 bits per heavy atom. The van der Waals surface area contributed by atoms with Gasteiger partial charge in [-0.3, -0.25) is 9.69 Å². The van der Waals surface area contributed by atoms with Crippen molar-refractivity contribution in [3.05, 3.63) is 82.7 Å². The molecule has 1 aromatic heterocycles. The first kappa shape index (κ1) is 23.0. The van der Waals surface area contributed by atoms with Crippen LogP contribution in [-0.4, -0.2) is 51.7 Å². The van der Waals surface area contributed by atoms with Crippen LogP contribution < -0.4 is 0 Å². The zero-order valence-electron chi connectivity index (χ0n) is 18.8. The Morgan fingerprint density at radius 3 is 2.24 bits per heavy atom. The fraction of sp³-hybridized carbons (Fsp3) is 0.360. The molecule has 1 aliphatic heterocycles. The Bertz CT molecular complexity index is 1100. The third-order valence-electron chi connectivity index (χ3n) is 5.93. The van der Waals surface area contributed by atoms with Gasteiger partial charge in [0.05, 0.1) is 16.9 Å². The molecule has 0 atom stereocenters. The third kappa shape index (κ3) is 5.45. The molecule has 3 aromatic rings. The van der Waals surface area contributed by atoms with Gasteiger partial charge in [-0.05, 0) is 68.3 Å². The van der Waals surface area contributed by atoms with Crippen molar-refractivity contribution < 1.29 is 18.0 Å². The Morgan fingerprint density at radius 1 is 0.939 bits per heavy atom. The molecular weight excluding hydrogens is 429 g/mol. The summed E-state index contributed by atoms with van der Waals surface area (Å²) in [5, 5.41) is 4.48. The molecule has 0 radical (unpaired) electrons. The molecule has 8 heteroatoms. The molecule has 5 nitrogen and oxygen atoms in total. The van der Waals surface area contributed by atoms with E-state index in [4.69, 9.17) is 0 Å². The molecular formula is C25H27F3N4O. The van der Waals surface area contributed by atoms with Gasteiger partial charge in [-0.1, -0.05) is 12.1 Å². The van der Waals surface area contributed by atoms with Crippen molar-refractivity contribution in [3.63, 3.8) is 0 Å². The number of benzene rings is 2. The van der Waals surface area contributed by atoms with E-state index >= 15 is 0 Å². The normalized spacial score (nSPS) is 15.5. The monoisotopic (exact) mass is 456 g/mol. The smallest absolute Gasteiger partial charge is 0.337 e. The lowest BCUT2D eigenvalue weighted by Crippen LogP contribution is -2.35. The van der Waals surface area contributed by atoms with Crippen LogP contribution in [0.25, 0.3) is 5.69 Å². The van der Waals surface area contributed by atoms with Crippen molar-refractivity contribution in [2.45, 2.75) is 33.0 Å². The van der Waals surface area contributed by atoms with Crippen LogP contribution in [0, 0.1) is 13.8 Å². The molecule has 0 spiro atoms. The van der Waals surface area contributed by atoms with Crippen LogP contribution in [0.4, 0.5) is 13.2 Å². The molecule has 0 aliphatic carbocycles. The van der Waals surface area contributed by atoms with E-state index in [-0.39, 0.29) is 5.91 Å². The largest absolute Gasteiger partial charge is 0.416 e. The summed E-state index contributed by atoms with van der Waals surface area (Å²) in [6, 6.07) is 14.8. The molecule has 1 aliphatic rings. The summed E-state index contributed by atoms with van der Waals surface area (Å²) in [5.74, 6) is -0.00806. The number of hydrogen-bond donors (Lipinski definition) is 0. The first-order chi connectivity index (χ1) is 15.7. The van der Waals surface area contributed by atoms with Crippen molar-refractivity contribution >= 4 is 5.91 Å². The second-order valence-corrected chi connectivity index (χ2v) is 8.50. The fourth-order valence-corrected chi connectivity index (χ4v) is 4.21. The standard InChI is InChI=1S/C25H27F3N4O/c1-18-16-19(2)32(29-18)23-10-6-21(7-11-23)24(33)31-13-3-12-30(14-15-31)17-20-4-8-22(9-5-20)25(26,27)28/h4-11,16H,3,12-15,17H2,1-2H3. The van der Waals surface area contributed by atoms with Gasteiger partial charge < -0.3 is 4.90 Å². The molecule has 0 bridgehead atoms. The summed E-state index contributed by atoms with van der Waals surface area (Å²) in [6.45, 7) is 7.21. The number of amides is 1. The fourth-order valence-electron chi connectivity index (χ4n) is 4.21. The first-order valence-corrected chi connectivity index (χ1v) is 11.0. The van der Waals surface area contributed by atoms with Crippen LogP contribution in [0.1, 0.15) is 39.3 Å². The number of rotatable bonds is 4. The lowest BCUT2D eigenvalue weighted by molar-refractivity contribution is -0.137. The third-order valence-corrected chi connectivity index (χ3v) is 5.93. The molecule has 0 N–H and O–H groups in total. The van der Waals surface area contributed by atoms with E-state index in [9.17, 15) is 18.0 Å². The number of halogens is 3. The maximum atomic E-state index is 13.0. The van der Waals surface area contributed by atoms with Gasteiger partial charge in [-0.25, -0.2) is 4.68 Å². The van der Waals surface area contributed by atoms with Crippen molar-refractivity contribution in [2.24, 2.45) is 0 Å². The van der Waals surface area contributed by atoms with Gasteiger partial charge in [-0.15, -0.1) is 0 Å². The van der Waals surface area contributed by atoms with Gasteiger partial charge in [0.2, 0.25) is 0 Å². The predicted molar refractivity (Wildman–Crippen MR) is 120 cm³/mol. The number of carbonyl (C=O) groups excluding carboxylic acids is 1. The van der Waals surface area contributed by atoms with Gasteiger partial charge in [0, 0.05) is 44.0 Å². The minimum Gasteiger partial charge on any atom is -0.337 e. The second kappa shape index (κ2) is 9.39. The summed E-state index contributed by atoms with van der Waals surface area (Å²) in [7, 11) is 0. The molecule has 2 heterocycles. The first-order valence-electron chi connectivity index (χ1n) is 11.0. The SMILES string of the molecule is Cc1cc(C)n(-c2ccc(C(=O)N3CCCN(Cc4ccc(C(F)(F)F)cc4)CC3)cc2)n1. The summed E-state index contributed by atoms with van der Waals surface area (Å²) < 4.78 is 40.2. The molecule has 33 heavy (non-hydrogen) atoms. The minimum atomic E-state index is -4.32. The lowest BCUT2D eigenvalue weighted by atomic mass is 10.1. The van der Waals surface area contributed by atoms with E-state index in [1.54, 1.807) is 0 Å². The van der Waals surface area contributed by atoms with Crippen LogP contribution in [0.5, 0.6) is 0 Å². The Labute approximate surface area is 191 Å². The Hall–Kier alpha value is -3.13.